The second-order valence-electron chi connectivity index (χ2n) is 2.04. The zero-order chi connectivity index (χ0) is 7.28. The van der Waals surface area contributed by atoms with E-state index in [-0.39, 0.29) is 0 Å². The minimum Gasteiger partial charge on any atom is -0.402 e. The Balaban J connectivity index is 4.01. The van der Waals surface area contributed by atoms with Crippen LogP contribution in [0.3, 0.4) is 0 Å². The lowest BCUT2D eigenvalue weighted by atomic mass is 10.1. The van der Waals surface area contributed by atoms with Gasteiger partial charge in [-0.05, 0) is 18.4 Å². The average Bonchev–Trinajstić information content (AvgIpc) is 1.90. The first-order valence-electron chi connectivity index (χ1n) is 3.42. The summed E-state index contributed by atoms with van der Waals surface area (Å²) in [6.07, 6.45) is 1.90. The van der Waals surface area contributed by atoms with Gasteiger partial charge in [0, 0.05) is 12.2 Å². The van der Waals surface area contributed by atoms with Crippen LogP contribution in [0.4, 0.5) is 0 Å². The second kappa shape index (κ2) is 4.39. The predicted octanol–water partition coefficient (Wildman–Crippen LogP) is 0.978. The molecule has 0 aromatic heterocycles. The second-order valence-corrected chi connectivity index (χ2v) is 2.04. The molecule has 2 nitrogen and oxygen atoms in total. The number of rotatable bonds is 3. The van der Waals surface area contributed by atoms with Crippen LogP contribution in [-0.2, 0) is 0 Å². The molecule has 0 saturated heterocycles. The van der Waals surface area contributed by atoms with E-state index in [0.717, 1.165) is 18.5 Å². The average molecular weight is 128 g/mol. The van der Waals surface area contributed by atoms with Crippen molar-refractivity contribution in [1.82, 2.24) is 0 Å². The first kappa shape index (κ1) is 8.50. The summed E-state index contributed by atoms with van der Waals surface area (Å²) in [5.41, 5.74) is 13.2. The van der Waals surface area contributed by atoms with Crippen molar-refractivity contribution in [3.05, 3.63) is 11.3 Å². The highest BCUT2D eigenvalue weighted by Gasteiger charge is 1.94. The van der Waals surface area contributed by atoms with Crippen molar-refractivity contribution in [3.63, 3.8) is 0 Å². The maximum absolute atomic E-state index is 5.64. The lowest BCUT2D eigenvalue weighted by Gasteiger charge is -2.03. The third-order valence-electron chi connectivity index (χ3n) is 1.51. The van der Waals surface area contributed by atoms with Crippen LogP contribution < -0.4 is 11.5 Å². The van der Waals surface area contributed by atoms with Crippen molar-refractivity contribution < 1.29 is 0 Å². The van der Waals surface area contributed by atoms with E-state index >= 15 is 0 Å². The summed E-state index contributed by atoms with van der Waals surface area (Å²) in [7, 11) is 0. The van der Waals surface area contributed by atoms with Gasteiger partial charge in [-0.25, -0.2) is 0 Å². The molecule has 0 heterocycles. The number of allylic oxidation sites excluding steroid dienone is 1. The van der Waals surface area contributed by atoms with E-state index in [9.17, 15) is 0 Å². The molecule has 4 N–H and O–H groups in total. The Kier molecular flexibility index (Phi) is 4.14. The molecule has 9 heavy (non-hydrogen) atoms. The summed E-state index contributed by atoms with van der Waals surface area (Å²) >= 11 is 0. The minimum absolute atomic E-state index is 0.607. The Morgan fingerprint density at radius 3 is 1.89 bits per heavy atom. The van der Waals surface area contributed by atoms with Gasteiger partial charge in [-0.15, -0.1) is 0 Å². The largest absolute Gasteiger partial charge is 0.402 e. The van der Waals surface area contributed by atoms with Crippen LogP contribution in [-0.4, -0.2) is 6.54 Å². The van der Waals surface area contributed by atoms with Crippen LogP contribution in [0.5, 0.6) is 0 Å². The van der Waals surface area contributed by atoms with Crippen LogP contribution in [0, 0.1) is 0 Å². The topological polar surface area (TPSA) is 52.0 Å². The molecule has 0 aromatic carbocycles. The molecule has 0 aliphatic heterocycles. The van der Waals surface area contributed by atoms with Gasteiger partial charge in [0.25, 0.3) is 0 Å². The van der Waals surface area contributed by atoms with Crippen LogP contribution in [0.25, 0.3) is 0 Å². The third-order valence-corrected chi connectivity index (χ3v) is 1.51. The van der Waals surface area contributed by atoms with Crippen LogP contribution in [0.15, 0.2) is 11.3 Å². The highest BCUT2D eigenvalue weighted by molar-refractivity contribution is 5.11. The first-order valence-corrected chi connectivity index (χ1v) is 3.42. The van der Waals surface area contributed by atoms with Gasteiger partial charge >= 0.3 is 0 Å². The predicted molar refractivity (Wildman–Crippen MR) is 40.8 cm³/mol. The Bertz CT molecular complexity index is 99.5. The van der Waals surface area contributed by atoms with Crippen molar-refractivity contribution in [2.24, 2.45) is 11.5 Å². The molecule has 54 valence electrons. The lowest BCUT2D eigenvalue weighted by molar-refractivity contribution is 0.920. The highest BCUT2D eigenvalue weighted by Crippen LogP contribution is 2.04. The van der Waals surface area contributed by atoms with Gasteiger partial charge in [0.1, 0.15) is 0 Å². The summed E-state index contributed by atoms with van der Waals surface area (Å²) in [5, 5.41) is 0. The molecular formula is C7H16N2. The highest BCUT2D eigenvalue weighted by atomic mass is 14.6. The molecule has 0 aliphatic carbocycles. The molecule has 0 atom stereocenters. The van der Waals surface area contributed by atoms with Gasteiger partial charge < -0.3 is 11.5 Å². The summed E-state index contributed by atoms with van der Waals surface area (Å²) in [6, 6.07) is 0. The summed E-state index contributed by atoms with van der Waals surface area (Å²) < 4.78 is 0. The van der Waals surface area contributed by atoms with Gasteiger partial charge in [-0.3, -0.25) is 0 Å². The van der Waals surface area contributed by atoms with E-state index < -0.39 is 0 Å². The zero-order valence-electron chi connectivity index (χ0n) is 6.28. The van der Waals surface area contributed by atoms with E-state index in [2.05, 4.69) is 6.92 Å². The Morgan fingerprint density at radius 1 is 1.22 bits per heavy atom. The molecule has 0 spiro atoms. The van der Waals surface area contributed by atoms with Gasteiger partial charge in [0.15, 0.2) is 0 Å². The van der Waals surface area contributed by atoms with E-state index in [1.807, 2.05) is 6.92 Å². The summed E-state index contributed by atoms with van der Waals surface area (Å²) in [4.78, 5) is 0. The molecule has 0 amide bonds. The Hall–Kier alpha value is -0.500. The van der Waals surface area contributed by atoms with Crippen molar-refractivity contribution in [1.29, 1.82) is 0 Å². The van der Waals surface area contributed by atoms with Crippen LogP contribution in [0.1, 0.15) is 26.7 Å². The Morgan fingerprint density at radius 2 is 1.78 bits per heavy atom. The van der Waals surface area contributed by atoms with Crippen molar-refractivity contribution in [2.75, 3.05) is 6.54 Å². The molecule has 0 aromatic rings. The molecule has 0 aliphatic rings. The molecule has 0 saturated carbocycles. The molecular weight excluding hydrogens is 112 g/mol. The van der Waals surface area contributed by atoms with E-state index in [1.165, 1.54) is 5.57 Å². The van der Waals surface area contributed by atoms with Gasteiger partial charge in [0.2, 0.25) is 0 Å². The fourth-order valence-corrected chi connectivity index (χ4v) is 0.752. The fourth-order valence-electron chi connectivity index (χ4n) is 0.752. The lowest BCUT2D eigenvalue weighted by Crippen LogP contribution is -2.09. The van der Waals surface area contributed by atoms with Crippen molar-refractivity contribution >= 4 is 0 Å². The summed E-state index contributed by atoms with van der Waals surface area (Å²) in [6.45, 7) is 4.72. The van der Waals surface area contributed by atoms with E-state index in [4.69, 9.17) is 11.5 Å². The smallest absolute Gasteiger partial charge is 0.0156 e. The number of hydrogen-bond donors (Lipinski definition) is 2. The minimum atomic E-state index is 0.607. The Labute approximate surface area is 56.9 Å². The first-order chi connectivity index (χ1) is 4.26. The van der Waals surface area contributed by atoms with Crippen LogP contribution >= 0.6 is 0 Å². The van der Waals surface area contributed by atoms with Gasteiger partial charge in [-0.2, -0.15) is 0 Å². The maximum Gasteiger partial charge on any atom is 0.0156 e. The maximum atomic E-state index is 5.64. The zero-order valence-corrected chi connectivity index (χ0v) is 6.28. The van der Waals surface area contributed by atoms with Crippen molar-refractivity contribution in [2.45, 2.75) is 26.7 Å². The summed E-state index contributed by atoms with van der Waals surface area (Å²) in [5.74, 6) is 0. The quantitative estimate of drug-likeness (QED) is 0.595. The molecule has 0 radical (unpaired) electrons. The van der Waals surface area contributed by atoms with Crippen molar-refractivity contribution in [3.8, 4) is 0 Å². The van der Waals surface area contributed by atoms with E-state index in [1.54, 1.807) is 0 Å². The van der Waals surface area contributed by atoms with E-state index in [0.29, 0.717) is 6.54 Å². The SMILES string of the molecule is CCC(N)=C(CC)CN. The monoisotopic (exact) mass is 128 g/mol. The number of nitrogens with two attached hydrogens (primary N) is 2. The molecule has 0 bridgehead atoms. The molecule has 0 unspecified atom stereocenters. The molecule has 2 heteroatoms. The molecule has 0 fully saturated rings. The normalized spacial score (nSPS) is 13.2. The molecule has 0 rings (SSSR count). The van der Waals surface area contributed by atoms with Gasteiger partial charge in [-0.1, -0.05) is 13.8 Å². The number of hydrogen-bond acceptors (Lipinski definition) is 2. The van der Waals surface area contributed by atoms with Gasteiger partial charge in [0.05, 0.1) is 0 Å². The van der Waals surface area contributed by atoms with Crippen LogP contribution in [0.2, 0.25) is 0 Å². The standard InChI is InChI=1S/C7H16N2/c1-3-6(5-8)7(9)4-2/h3-5,8-9H2,1-2H3. The third kappa shape index (κ3) is 2.51. The fraction of sp³-hybridized carbons (Fsp3) is 0.714.